The Balaban J connectivity index is 2.17. The Bertz CT molecular complexity index is 734. The molecule has 0 saturated carbocycles. The van der Waals surface area contributed by atoms with E-state index in [4.69, 9.17) is 0 Å². The Labute approximate surface area is 98.2 Å². The Hall–Kier alpha value is -2.29. The van der Waals surface area contributed by atoms with E-state index in [-0.39, 0.29) is 0 Å². The van der Waals surface area contributed by atoms with Crippen LogP contribution in [-0.4, -0.2) is 15.2 Å². The third-order valence-electron chi connectivity index (χ3n) is 3.30. The summed E-state index contributed by atoms with van der Waals surface area (Å²) in [6, 6.07) is 12.7. The molecule has 3 nitrogen and oxygen atoms in total. The Morgan fingerprint density at radius 1 is 1.00 bits per heavy atom. The Morgan fingerprint density at radius 2 is 1.94 bits per heavy atom. The normalized spacial score (nSPS) is 12.5. The summed E-state index contributed by atoms with van der Waals surface area (Å²) >= 11 is 0. The predicted octanol–water partition coefficient (Wildman–Crippen LogP) is 2.60. The number of hydrogen-bond acceptors (Lipinski definition) is 3. The minimum Gasteiger partial charge on any atom is -0.232 e. The molecule has 0 N–H and O–H groups in total. The molecule has 0 saturated heterocycles. The number of nitrogens with zero attached hydrogens (tertiary/aromatic N) is 3. The molecule has 1 aromatic heterocycles. The van der Waals surface area contributed by atoms with Crippen molar-refractivity contribution >= 4 is 10.8 Å². The zero-order chi connectivity index (χ0) is 11.2. The maximum absolute atomic E-state index is 4.38. The molecule has 2 aromatic carbocycles. The van der Waals surface area contributed by atoms with Gasteiger partial charge in [-0.3, -0.25) is 0 Å². The number of aromatic nitrogens is 3. The van der Waals surface area contributed by atoms with Crippen molar-refractivity contribution in [3.63, 3.8) is 0 Å². The van der Waals surface area contributed by atoms with Crippen LogP contribution in [0.2, 0.25) is 0 Å². The van der Waals surface area contributed by atoms with Gasteiger partial charge in [0.15, 0.2) is 0 Å². The maximum Gasteiger partial charge on any atom is 0.138 e. The van der Waals surface area contributed by atoms with E-state index < -0.39 is 0 Å². The first-order valence-corrected chi connectivity index (χ1v) is 5.61. The maximum atomic E-state index is 4.38. The van der Waals surface area contributed by atoms with E-state index in [1.807, 2.05) is 0 Å². The van der Waals surface area contributed by atoms with Gasteiger partial charge in [-0.2, -0.15) is 5.10 Å². The van der Waals surface area contributed by atoms with Crippen molar-refractivity contribution < 1.29 is 0 Å². The van der Waals surface area contributed by atoms with Crippen LogP contribution in [-0.2, 0) is 6.42 Å². The number of rotatable bonds is 0. The van der Waals surface area contributed by atoms with Gasteiger partial charge in [-0.15, -0.1) is 5.10 Å². The smallest absolute Gasteiger partial charge is 0.138 e. The lowest BCUT2D eigenvalue weighted by atomic mass is 10.0. The minimum absolute atomic E-state index is 0.844. The second-order valence-corrected chi connectivity index (χ2v) is 4.25. The molecule has 1 heterocycles. The van der Waals surface area contributed by atoms with Crippen LogP contribution in [0.3, 0.4) is 0 Å². The summed E-state index contributed by atoms with van der Waals surface area (Å²) in [7, 11) is 0. The van der Waals surface area contributed by atoms with Crippen LogP contribution in [0, 0.1) is 0 Å². The van der Waals surface area contributed by atoms with E-state index in [1.165, 1.54) is 28.2 Å². The van der Waals surface area contributed by atoms with Crippen LogP contribution in [0.4, 0.5) is 0 Å². The van der Waals surface area contributed by atoms with E-state index in [2.05, 4.69) is 51.6 Å². The van der Waals surface area contributed by atoms with Crippen molar-refractivity contribution in [1.29, 1.82) is 0 Å². The highest BCUT2D eigenvalue weighted by Gasteiger charge is 2.22. The fraction of sp³-hybridized carbons (Fsp3) is 0.0714. The molecule has 4 rings (SSSR count). The first-order chi connectivity index (χ1) is 8.43. The van der Waals surface area contributed by atoms with Gasteiger partial charge < -0.3 is 0 Å². The summed E-state index contributed by atoms with van der Waals surface area (Å²) in [6.07, 6.45) is 2.37. The second-order valence-electron chi connectivity index (χ2n) is 4.25. The highest BCUT2D eigenvalue weighted by Crippen LogP contribution is 2.38. The van der Waals surface area contributed by atoms with Crippen LogP contribution in [0.15, 0.2) is 42.7 Å². The minimum atomic E-state index is 0.844. The number of fused-ring (bicyclic) bond motifs is 5. The largest absolute Gasteiger partial charge is 0.232 e. The molecule has 0 fully saturated rings. The van der Waals surface area contributed by atoms with Crippen molar-refractivity contribution in [1.82, 2.24) is 15.2 Å². The van der Waals surface area contributed by atoms with Gasteiger partial charge in [0.05, 0.1) is 11.4 Å². The van der Waals surface area contributed by atoms with Gasteiger partial charge in [-0.25, -0.2) is 4.98 Å². The number of hydrogen-bond donors (Lipinski definition) is 0. The van der Waals surface area contributed by atoms with Crippen LogP contribution >= 0.6 is 0 Å². The fourth-order valence-corrected chi connectivity index (χ4v) is 2.55. The van der Waals surface area contributed by atoms with Crippen molar-refractivity contribution in [2.45, 2.75) is 6.42 Å². The molecule has 3 aromatic rings. The Kier molecular flexibility index (Phi) is 1.61. The van der Waals surface area contributed by atoms with Gasteiger partial charge >= 0.3 is 0 Å². The van der Waals surface area contributed by atoms with Crippen molar-refractivity contribution in [3.05, 3.63) is 54.0 Å². The Morgan fingerprint density at radius 3 is 2.94 bits per heavy atom. The SMILES string of the molecule is c1ccc2c3c(ccc2c1)Cc1nncnc1-3. The summed E-state index contributed by atoms with van der Waals surface area (Å²) in [5, 5.41) is 10.5. The van der Waals surface area contributed by atoms with Crippen LogP contribution in [0.25, 0.3) is 22.0 Å². The molecular weight excluding hydrogens is 210 g/mol. The molecule has 0 bridgehead atoms. The molecule has 17 heavy (non-hydrogen) atoms. The van der Waals surface area contributed by atoms with Crippen molar-refractivity contribution in [2.24, 2.45) is 0 Å². The average Bonchev–Trinajstić information content (AvgIpc) is 2.77. The van der Waals surface area contributed by atoms with E-state index in [9.17, 15) is 0 Å². The zero-order valence-electron chi connectivity index (χ0n) is 9.09. The number of benzene rings is 2. The van der Waals surface area contributed by atoms with Crippen molar-refractivity contribution in [3.8, 4) is 11.3 Å². The quantitative estimate of drug-likeness (QED) is 0.456. The van der Waals surface area contributed by atoms with Gasteiger partial charge in [0.25, 0.3) is 0 Å². The highest BCUT2D eigenvalue weighted by molar-refractivity contribution is 5.99. The first-order valence-electron chi connectivity index (χ1n) is 5.61. The summed E-state index contributed by atoms with van der Waals surface area (Å²) in [6.45, 7) is 0. The monoisotopic (exact) mass is 219 g/mol. The standard InChI is InChI=1S/C14H9N3/c1-2-4-11-9(3-1)5-6-10-7-12-14(13(10)11)15-8-16-17-12/h1-6,8H,7H2. The first kappa shape index (κ1) is 8.82. The molecule has 3 heteroatoms. The summed E-state index contributed by atoms with van der Waals surface area (Å²) in [5.74, 6) is 0. The molecule has 1 aliphatic rings. The lowest BCUT2D eigenvalue weighted by molar-refractivity contribution is 0.917. The molecule has 0 atom stereocenters. The summed E-state index contributed by atoms with van der Waals surface area (Å²) < 4.78 is 0. The van der Waals surface area contributed by atoms with Crippen molar-refractivity contribution in [2.75, 3.05) is 0 Å². The summed E-state index contributed by atoms with van der Waals surface area (Å²) in [4.78, 5) is 4.38. The van der Waals surface area contributed by atoms with E-state index in [0.29, 0.717) is 0 Å². The summed E-state index contributed by atoms with van der Waals surface area (Å²) in [5.41, 5.74) is 4.50. The third kappa shape index (κ3) is 1.13. The molecule has 0 amide bonds. The predicted molar refractivity (Wildman–Crippen MR) is 65.6 cm³/mol. The molecule has 0 radical (unpaired) electrons. The van der Waals surface area contributed by atoms with Crippen LogP contribution in [0.1, 0.15) is 11.3 Å². The molecular formula is C14H9N3. The van der Waals surface area contributed by atoms with Gasteiger partial charge in [0.2, 0.25) is 0 Å². The molecule has 0 aliphatic heterocycles. The van der Waals surface area contributed by atoms with E-state index in [1.54, 1.807) is 0 Å². The lowest BCUT2D eigenvalue weighted by Gasteiger charge is -2.04. The second kappa shape index (κ2) is 3.10. The highest BCUT2D eigenvalue weighted by atomic mass is 15.1. The molecule has 1 aliphatic carbocycles. The van der Waals surface area contributed by atoms with E-state index >= 15 is 0 Å². The van der Waals surface area contributed by atoms with Crippen LogP contribution < -0.4 is 0 Å². The lowest BCUT2D eigenvalue weighted by Crippen LogP contribution is -1.91. The van der Waals surface area contributed by atoms with Gasteiger partial charge in [0, 0.05) is 12.0 Å². The fourth-order valence-electron chi connectivity index (χ4n) is 2.55. The molecule has 0 unspecified atom stereocenters. The van der Waals surface area contributed by atoms with Gasteiger partial charge in [-0.1, -0.05) is 36.4 Å². The van der Waals surface area contributed by atoms with Crippen LogP contribution in [0.5, 0.6) is 0 Å². The van der Waals surface area contributed by atoms with Gasteiger partial charge in [0.1, 0.15) is 6.33 Å². The third-order valence-corrected chi connectivity index (χ3v) is 3.30. The van der Waals surface area contributed by atoms with Gasteiger partial charge in [-0.05, 0) is 16.3 Å². The van der Waals surface area contributed by atoms with E-state index in [0.717, 1.165) is 17.8 Å². The molecule has 80 valence electrons. The topological polar surface area (TPSA) is 38.7 Å². The zero-order valence-corrected chi connectivity index (χ0v) is 9.09. The molecule has 0 spiro atoms. The average molecular weight is 219 g/mol.